The second-order valence-electron chi connectivity index (χ2n) is 6.28. The quantitative estimate of drug-likeness (QED) is 0.717. The van der Waals surface area contributed by atoms with E-state index in [9.17, 15) is 18.0 Å². The van der Waals surface area contributed by atoms with Crippen LogP contribution in [0.2, 0.25) is 0 Å². The first-order valence-corrected chi connectivity index (χ1v) is 9.28. The van der Waals surface area contributed by atoms with Gasteiger partial charge in [0.15, 0.2) is 0 Å². The number of hydrogen-bond donors (Lipinski definition) is 1. The number of carbonyl (C=O) groups is 1. The lowest BCUT2D eigenvalue weighted by molar-refractivity contribution is -0.138. The molecule has 3 aromatic rings. The van der Waals surface area contributed by atoms with Crippen molar-refractivity contribution in [1.29, 1.82) is 0 Å². The van der Waals surface area contributed by atoms with E-state index >= 15 is 0 Å². The Morgan fingerprint density at radius 3 is 2.61 bits per heavy atom. The molecule has 4 rings (SSSR count). The molecule has 0 aliphatic carbocycles. The summed E-state index contributed by atoms with van der Waals surface area (Å²) in [6.07, 6.45) is -2.83. The molecule has 7 nitrogen and oxygen atoms in total. The van der Waals surface area contributed by atoms with Gasteiger partial charge in [0.25, 0.3) is 5.91 Å². The Morgan fingerprint density at radius 1 is 1.21 bits per heavy atom. The monoisotopic (exact) mass is 411 g/mol. The van der Waals surface area contributed by atoms with E-state index in [0.717, 1.165) is 10.9 Å². The van der Waals surface area contributed by atoms with Crippen molar-refractivity contribution in [2.24, 2.45) is 0 Å². The standard InChI is InChI=1S/C17H16F3N5O2S/c1-27-10-2-3-13-11(8-10)12(9-21-13)14(26)24-4-6-25(7-5-24)16-23-22-15(28-16)17(18,19)20/h2-3,8-9,21H,4-7H2,1H3. The fourth-order valence-corrected chi connectivity index (χ4v) is 3.90. The van der Waals surface area contributed by atoms with Gasteiger partial charge in [0.05, 0.1) is 12.7 Å². The number of benzene rings is 1. The van der Waals surface area contributed by atoms with E-state index in [-0.39, 0.29) is 11.0 Å². The van der Waals surface area contributed by atoms with Crippen molar-refractivity contribution in [3.8, 4) is 5.75 Å². The average Bonchev–Trinajstić information content (AvgIpc) is 3.34. The fraction of sp³-hybridized carbons (Fsp3) is 0.353. The first-order chi connectivity index (χ1) is 13.4. The Balaban J connectivity index is 1.46. The number of rotatable bonds is 3. The number of fused-ring (bicyclic) bond motifs is 1. The number of amides is 1. The molecule has 0 spiro atoms. The van der Waals surface area contributed by atoms with E-state index in [1.54, 1.807) is 29.2 Å². The predicted octanol–water partition coefficient (Wildman–Crippen LogP) is 3.01. The second-order valence-corrected chi connectivity index (χ2v) is 7.24. The molecule has 1 N–H and O–H groups in total. The number of carbonyl (C=O) groups excluding carboxylic acids is 1. The van der Waals surface area contributed by atoms with Gasteiger partial charge in [0.1, 0.15) is 5.75 Å². The number of nitrogens with zero attached hydrogens (tertiary/aromatic N) is 4. The summed E-state index contributed by atoms with van der Waals surface area (Å²) in [5.74, 6) is 0.523. The molecule has 3 heterocycles. The van der Waals surface area contributed by atoms with Gasteiger partial charge in [-0.2, -0.15) is 13.2 Å². The molecule has 11 heteroatoms. The second kappa shape index (κ2) is 6.97. The highest BCUT2D eigenvalue weighted by Crippen LogP contribution is 2.34. The highest BCUT2D eigenvalue weighted by Gasteiger charge is 2.36. The molecule has 2 aromatic heterocycles. The third-order valence-electron chi connectivity index (χ3n) is 4.61. The zero-order valence-corrected chi connectivity index (χ0v) is 15.6. The summed E-state index contributed by atoms with van der Waals surface area (Å²) in [6, 6.07) is 5.45. The molecule has 1 amide bonds. The maximum atomic E-state index is 12.9. The van der Waals surface area contributed by atoms with Crippen LogP contribution in [0.1, 0.15) is 15.4 Å². The SMILES string of the molecule is COc1ccc2[nH]cc(C(=O)N3CCN(c4nnc(C(F)(F)F)s4)CC3)c2c1. The van der Waals surface area contributed by atoms with Gasteiger partial charge >= 0.3 is 6.18 Å². The van der Waals surface area contributed by atoms with Gasteiger partial charge in [-0.25, -0.2) is 0 Å². The van der Waals surface area contributed by atoms with Crippen LogP contribution in [0.25, 0.3) is 10.9 Å². The molecule has 0 radical (unpaired) electrons. The number of alkyl halides is 3. The molecule has 1 fully saturated rings. The zero-order valence-electron chi connectivity index (χ0n) is 14.8. The molecule has 28 heavy (non-hydrogen) atoms. The summed E-state index contributed by atoms with van der Waals surface area (Å²) in [6.45, 7) is 1.56. The number of piperazine rings is 1. The number of ether oxygens (including phenoxy) is 1. The van der Waals surface area contributed by atoms with Crippen molar-refractivity contribution in [1.82, 2.24) is 20.1 Å². The zero-order chi connectivity index (χ0) is 19.9. The molecular weight excluding hydrogens is 395 g/mol. The third-order valence-corrected chi connectivity index (χ3v) is 5.64. The lowest BCUT2D eigenvalue weighted by Crippen LogP contribution is -2.48. The number of aromatic nitrogens is 3. The van der Waals surface area contributed by atoms with Gasteiger partial charge in [-0.15, -0.1) is 10.2 Å². The van der Waals surface area contributed by atoms with Crippen molar-refractivity contribution in [3.05, 3.63) is 35.0 Å². The highest BCUT2D eigenvalue weighted by atomic mass is 32.1. The van der Waals surface area contributed by atoms with E-state index in [2.05, 4.69) is 15.2 Å². The summed E-state index contributed by atoms with van der Waals surface area (Å²) >= 11 is 0.516. The van der Waals surface area contributed by atoms with Crippen molar-refractivity contribution in [3.63, 3.8) is 0 Å². The van der Waals surface area contributed by atoms with Crippen molar-refractivity contribution < 1.29 is 22.7 Å². The molecule has 148 valence electrons. The normalized spacial score (nSPS) is 15.3. The van der Waals surface area contributed by atoms with Gasteiger partial charge in [-0.1, -0.05) is 11.3 Å². The van der Waals surface area contributed by atoms with Crippen LogP contribution < -0.4 is 9.64 Å². The van der Waals surface area contributed by atoms with Gasteiger partial charge in [-0.3, -0.25) is 4.79 Å². The fourth-order valence-electron chi connectivity index (χ4n) is 3.13. The van der Waals surface area contributed by atoms with E-state index in [1.807, 2.05) is 12.1 Å². The van der Waals surface area contributed by atoms with Gasteiger partial charge in [0, 0.05) is 43.3 Å². The Kier molecular flexibility index (Phi) is 4.61. The summed E-state index contributed by atoms with van der Waals surface area (Å²) in [5, 5.41) is 6.88. The summed E-state index contributed by atoms with van der Waals surface area (Å²) < 4.78 is 43.3. The number of nitrogens with one attached hydrogen (secondary N) is 1. The van der Waals surface area contributed by atoms with E-state index in [4.69, 9.17) is 4.74 Å². The highest BCUT2D eigenvalue weighted by molar-refractivity contribution is 7.15. The number of H-pyrrole nitrogens is 1. The van der Waals surface area contributed by atoms with Crippen molar-refractivity contribution in [2.45, 2.75) is 6.18 Å². The Hall–Kier alpha value is -2.82. The first-order valence-electron chi connectivity index (χ1n) is 8.47. The first kappa shape index (κ1) is 18.5. The van der Waals surface area contributed by atoms with Crippen LogP contribution in [0.4, 0.5) is 18.3 Å². The van der Waals surface area contributed by atoms with Gasteiger partial charge in [0.2, 0.25) is 10.1 Å². The summed E-state index contributed by atoms with van der Waals surface area (Å²) in [5.41, 5.74) is 1.37. The van der Waals surface area contributed by atoms with Crippen LogP contribution in [0.5, 0.6) is 5.75 Å². The molecule has 1 saturated heterocycles. The molecule has 1 aromatic carbocycles. The average molecular weight is 411 g/mol. The Morgan fingerprint density at radius 2 is 1.96 bits per heavy atom. The minimum absolute atomic E-state index is 0.132. The summed E-state index contributed by atoms with van der Waals surface area (Å²) in [4.78, 5) is 19.4. The topological polar surface area (TPSA) is 74.4 Å². The molecule has 0 saturated carbocycles. The van der Waals surface area contributed by atoms with Crippen molar-refractivity contribution in [2.75, 3.05) is 38.2 Å². The van der Waals surface area contributed by atoms with E-state index in [0.29, 0.717) is 48.8 Å². The van der Waals surface area contributed by atoms with Gasteiger partial charge in [-0.05, 0) is 18.2 Å². The Labute approximate surface area is 161 Å². The lowest BCUT2D eigenvalue weighted by atomic mass is 10.1. The molecule has 0 atom stereocenters. The van der Waals surface area contributed by atoms with Gasteiger partial charge < -0.3 is 19.5 Å². The minimum Gasteiger partial charge on any atom is -0.497 e. The largest absolute Gasteiger partial charge is 0.497 e. The maximum absolute atomic E-state index is 12.9. The summed E-state index contributed by atoms with van der Waals surface area (Å²) in [7, 11) is 1.56. The minimum atomic E-state index is -4.50. The van der Waals surface area contributed by atoms with Crippen LogP contribution in [-0.2, 0) is 6.18 Å². The third kappa shape index (κ3) is 3.37. The van der Waals surface area contributed by atoms with Crippen LogP contribution >= 0.6 is 11.3 Å². The molecular formula is C17H16F3N5O2S. The Bertz CT molecular complexity index is 1010. The van der Waals surface area contributed by atoms with Crippen LogP contribution in [0.3, 0.4) is 0 Å². The van der Waals surface area contributed by atoms with Crippen LogP contribution in [0.15, 0.2) is 24.4 Å². The predicted molar refractivity (Wildman–Crippen MR) is 97.9 cm³/mol. The number of hydrogen-bond acceptors (Lipinski definition) is 6. The molecule has 1 aliphatic heterocycles. The maximum Gasteiger partial charge on any atom is 0.445 e. The number of aromatic amines is 1. The van der Waals surface area contributed by atoms with Crippen molar-refractivity contribution >= 4 is 33.3 Å². The molecule has 0 unspecified atom stereocenters. The number of halogens is 3. The smallest absolute Gasteiger partial charge is 0.445 e. The molecule has 0 bridgehead atoms. The van der Waals surface area contributed by atoms with E-state index in [1.165, 1.54) is 0 Å². The molecule has 1 aliphatic rings. The van der Waals surface area contributed by atoms with Crippen LogP contribution in [0, 0.1) is 0 Å². The van der Waals surface area contributed by atoms with Crippen LogP contribution in [-0.4, -0.2) is 59.3 Å². The number of anilines is 1. The lowest BCUT2D eigenvalue weighted by Gasteiger charge is -2.34. The number of methoxy groups -OCH3 is 1. The van der Waals surface area contributed by atoms with E-state index < -0.39 is 11.2 Å².